The number of carbonyl (C=O) groups is 2. The summed E-state index contributed by atoms with van der Waals surface area (Å²) >= 11 is 0. The minimum atomic E-state index is -1.41. The smallest absolute Gasteiger partial charge is 0.255 e. The summed E-state index contributed by atoms with van der Waals surface area (Å²) in [6.07, 6.45) is 3.62. The summed E-state index contributed by atoms with van der Waals surface area (Å²) in [6.45, 7) is -0.432. The number of hydrogen-bond acceptors (Lipinski definition) is 6. The molecule has 0 atom stereocenters. The molecule has 35 heavy (non-hydrogen) atoms. The highest BCUT2D eigenvalue weighted by Crippen LogP contribution is 2.23. The Morgan fingerprint density at radius 1 is 1.06 bits per heavy atom. The molecule has 0 bridgehead atoms. The molecule has 0 saturated heterocycles. The summed E-state index contributed by atoms with van der Waals surface area (Å²) in [4.78, 5) is 24.4. The second-order valence-corrected chi connectivity index (χ2v) is 8.08. The Kier molecular flexibility index (Phi) is 8.00. The molecule has 2 amide bonds. The van der Waals surface area contributed by atoms with Crippen molar-refractivity contribution in [2.24, 2.45) is 11.5 Å². The molecular formula is C24H26F3N5O3. The second-order valence-electron chi connectivity index (χ2n) is 8.08. The number of amides is 2. The van der Waals surface area contributed by atoms with Crippen molar-refractivity contribution in [3.8, 4) is 5.75 Å². The molecule has 1 aliphatic carbocycles. The van der Waals surface area contributed by atoms with Gasteiger partial charge in [-0.15, -0.1) is 0 Å². The molecule has 1 fully saturated rings. The van der Waals surface area contributed by atoms with Gasteiger partial charge in [-0.05, 0) is 37.1 Å². The fraction of sp³-hybridized carbons (Fsp3) is 0.292. The van der Waals surface area contributed by atoms with E-state index in [1.807, 2.05) is 0 Å². The van der Waals surface area contributed by atoms with E-state index in [4.69, 9.17) is 21.6 Å². The topological polar surface area (TPSA) is 143 Å². The summed E-state index contributed by atoms with van der Waals surface area (Å²) in [5.41, 5.74) is 9.34. The fourth-order valence-corrected chi connectivity index (χ4v) is 3.93. The number of hydrogen-bond donors (Lipinski definition) is 5. The Bertz CT molecular complexity index is 1190. The molecular weight excluding hydrogens is 463 g/mol. The third-order valence-electron chi connectivity index (χ3n) is 5.76. The summed E-state index contributed by atoms with van der Waals surface area (Å²) in [5, 5.41) is 13.6. The molecule has 1 saturated carbocycles. The van der Waals surface area contributed by atoms with Crippen molar-refractivity contribution in [2.45, 2.75) is 38.3 Å². The van der Waals surface area contributed by atoms with Gasteiger partial charge in [-0.25, -0.2) is 13.2 Å². The van der Waals surface area contributed by atoms with Crippen molar-refractivity contribution in [1.82, 2.24) is 10.6 Å². The van der Waals surface area contributed by atoms with Crippen LogP contribution < -0.4 is 26.8 Å². The highest BCUT2D eigenvalue weighted by molar-refractivity contribution is 6.26. The molecule has 11 heteroatoms. The van der Waals surface area contributed by atoms with Gasteiger partial charge in [-0.2, -0.15) is 0 Å². The minimum absolute atomic E-state index is 0.00133. The monoisotopic (exact) mass is 489 g/mol. The summed E-state index contributed by atoms with van der Waals surface area (Å²) < 4.78 is 48.2. The molecule has 0 heterocycles. The Morgan fingerprint density at radius 2 is 1.74 bits per heavy atom. The maximum absolute atomic E-state index is 14.9. The van der Waals surface area contributed by atoms with Gasteiger partial charge in [0.25, 0.3) is 11.8 Å². The molecule has 7 N–H and O–H groups in total. The van der Waals surface area contributed by atoms with Crippen molar-refractivity contribution in [3.63, 3.8) is 0 Å². The zero-order chi connectivity index (χ0) is 25.7. The quantitative estimate of drug-likeness (QED) is 0.272. The van der Waals surface area contributed by atoms with Crippen LogP contribution in [0.15, 0.2) is 41.7 Å². The van der Waals surface area contributed by atoms with Crippen molar-refractivity contribution in [1.29, 1.82) is 5.41 Å². The van der Waals surface area contributed by atoms with E-state index in [2.05, 4.69) is 10.6 Å². The van der Waals surface area contributed by atoms with Crippen molar-refractivity contribution < 1.29 is 27.5 Å². The zero-order valence-corrected chi connectivity index (χ0v) is 19.0. The Labute approximate surface area is 200 Å². The van der Waals surface area contributed by atoms with Crippen LogP contribution in [0.4, 0.5) is 13.2 Å². The molecule has 0 unspecified atom stereocenters. The van der Waals surface area contributed by atoms with Gasteiger partial charge in [0.15, 0.2) is 11.6 Å². The zero-order valence-electron chi connectivity index (χ0n) is 19.0. The number of carbonyl (C=O) groups excluding carboxylic acids is 2. The van der Waals surface area contributed by atoms with Crippen LogP contribution in [-0.2, 0) is 11.3 Å². The van der Waals surface area contributed by atoms with E-state index < -0.39 is 52.7 Å². The molecule has 8 nitrogen and oxygen atoms in total. The Hall–Kier alpha value is -4.02. The van der Waals surface area contributed by atoms with Crippen molar-refractivity contribution in [3.05, 3.63) is 75.9 Å². The molecule has 0 radical (unpaired) electrons. The number of halogens is 3. The predicted octanol–water partition coefficient (Wildman–Crippen LogP) is 2.60. The lowest BCUT2D eigenvalue weighted by atomic mass is 9.99. The molecule has 2 aromatic carbocycles. The fourth-order valence-electron chi connectivity index (χ4n) is 3.93. The number of primary amides is 1. The first-order chi connectivity index (χ1) is 16.6. The van der Waals surface area contributed by atoms with E-state index in [-0.39, 0.29) is 28.7 Å². The highest BCUT2D eigenvalue weighted by Gasteiger charge is 2.25. The van der Waals surface area contributed by atoms with Crippen LogP contribution in [0.5, 0.6) is 5.75 Å². The Balaban J connectivity index is 1.81. The van der Waals surface area contributed by atoms with Crippen LogP contribution in [0.1, 0.15) is 47.2 Å². The standard InChI is InChI=1S/C24H26F3N5O3/c1-35-17-9-7-13(25)10-16(17)24(34)31-11-12-6-8-15(20(27)19(12)26)21(28)18(23(30)33)22(29)32-14-4-2-3-5-14/h6-10,14,28,32H,2-5,11,29H2,1H3,(H2,30,33)(H,31,34)/b22-18+,28-21?. The number of benzene rings is 2. The summed E-state index contributed by atoms with van der Waals surface area (Å²) in [7, 11) is 1.30. The average Bonchev–Trinajstić information content (AvgIpc) is 3.32. The third-order valence-corrected chi connectivity index (χ3v) is 5.76. The van der Waals surface area contributed by atoms with Crippen LogP contribution in [0.3, 0.4) is 0 Å². The lowest BCUT2D eigenvalue weighted by molar-refractivity contribution is -0.114. The lowest BCUT2D eigenvalue weighted by Gasteiger charge is -2.18. The highest BCUT2D eigenvalue weighted by atomic mass is 19.2. The number of nitrogens with one attached hydrogen (secondary N) is 3. The van der Waals surface area contributed by atoms with E-state index in [9.17, 15) is 22.8 Å². The van der Waals surface area contributed by atoms with Crippen LogP contribution >= 0.6 is 0 Å². The van der Waals surface area contributed by atoms with Gasteiger partial charge in [0.05, 0.1) is 18.4 Å². The van der Waals surface area contributed by atoms with Gasteiger partial charge in [0.2, 0.25) is 0 Å². The van der Waals surface area contributed by atoms with Crippen LogP contribution in [-0.4, -0.2) is 30.7 Å². The number of nitrogens with two attached hydrogens (primary N) is 2. The predicted molar refractivity (Wildman–Crippen MR) is 123 cm³/mol. The van der Waals surface area contributed by atoms with E-state index >= 15 is 0 Å². The Morgan fingerprint density at radius 3 is 2.37 bits per heavy atom. The molecule has 0 aromatic heterocycles. The third kappa shape index (κ3) is 5.73. The number of rotatable bonds is 9. The van der Waals surface area contributed by atoms with Gasteiger partial charge in [-0.1, -0.05) is 18.9 Å². The minimum Gasteiger partial charge on any atom is -0.496 e. The summed E-state index contributed by atoms with van der Waals surface area (Å²) in [6, 6.07) is 5.59. The van der Waals surface area contributed by atoms with Gasteiger partial charge in [0.1, 0.15) is 23.0 Å². The van der Waals surface area contributed by atoms with E-state index in [0.29, 0.717) is 0 Å². The van der Waals surface area contributed by atoms with Crippen molar-refractivity contribution in [2.75, 3.05) is 7.11 Å². The number of ether oxygens (including phenoxy) is 1. The molecule has 2 aromatic rings. The maximum atomic E-state index is 14.9. The van der Waals surface area contributed by atoms with E-state index in [1.54, 1.807) is 0 Å². The van der Waals surface area contributed by atoms with E-state index in [1.165, 1.54) is 13.2 Å². The SMILES string of the molecule is COc1ccc(F)cc1C(=O)NCc1ccc(C(=N)/C(C(N)=O)=C(/N)NC2CCCC2)c(F)c1F. The first-order valence-corrected chi connectivity index (χ1v) is 10.9. The van der Waals surface area contributed by atoms with Crippen LogP contribution in [0.2, 0.25) is 0 Å². The van der Waals surface area contributed by atoms with Crippen molar-refractivity contribution >= 4 is 17.5 Å². The second kappa shape index (κ2) is 10.9. The van der Waals surface area contributed by atoms with Crippen LogP contribution in [0, 0.1) is 22.9 Å². The van der Waals surface area contributed by atoms with E-state index in [0.717, 1.165) is 49.9 Å². The first kappa shape index (κ1) is 25.6. The molecule has 0 spiro atoms. The summed E-state index contributed by atoms with van der Waals surface area (Å²) in [5.74, 6) is -5.29. The largest absolute Gasteiger partial charge is 0.496 e. The van der Waals surface area contributed by atoms with Gasteiger partial charge in [0, 0.05) is 23.7 Å². The average molecular weight is 489 g/mol. The van der Waals surface area contributed by atoms with Gasteiger partial charge in [-0.3, -0.25) is 15.0 Å². The van der Waals surface area contributed by atoms with Gasteiger partial charge < -0.3 is 26.8 Å². The first-order valence-electron chi connectivity index (χ1n) is 10.9. The normalized spacial score (nSPS) is 14.3. The van der Waals surface area contributed by atoms with Gasteiger partial charge >= 0.3 is 0 Å². The van der Waals surface area contributed by atoms with Crippen LogP contribution in [0.25, 0.3) is 0 Å². The molecule has 3 rings (SSSR count). The molecule has 186 valence electrons. The maximum Gasteiger partial charge on any atom is 0.255 e. The molecule has 0 aliphatic heterocycles. The molecule has 1 aliphatic rings. The lowest BCUT2D eigenvalue weighted by Crippen LogP contribution is -2.36. The number of methoxy groups -OCH3 is 1.